The predicted molar refractivity (Wildman–Crippen MR) is 121 cm³/mol. The normalized spacial score (nSPS) is 17.9. The summed E-state index contributed by atoms with van der Waals surface area (Å²) in [5.41, 5.74) is 11.7. The number of carbonyl (C=O) groups is 1. The molecule has 0 spiro atoms. The van der Waals surface area contributed by atoms with Crippen LogP contribution in [0.5, 0.6) is 11.5 Å². The first-order chi connectivity index (χ1) is 15.7. The first kappa shape index (κ1) is 21.5. The molecule has 0 aliphatic carbocycles. The van der Waals surface area contributed by atoms with Crippen LogP contribution in [-0.2, 0) is 11.4 Å². The lowest BCUT2D eigenvalue weighted by Crippen LogP contribution is -2.41. The van der Waals surface area contributed by atoms with E-state index < -0.39 is 6.04 Å². The van der Waals surface area contributed by atoms with Gasteiger partial charge in [-0.2, -0.15) is 5.10 Å². The minimum Gasteiger partial charge on any atom is -0.493 e. The van der Waals surface area contributed by atoms with Crippen molar-refractivity contribution in [3.63, 3.8) is 0 Å². The fourth-order valence-corrected chi connectivity index (χ4v) is 3.40. The maximum Gasteiger partial charge on any atom is 0.258 e. The van der Waals surface area contributed by atoms with E-state index in [1.165, 1.54) is 0 Å². The van der Waals surface area contributed by atoms with Gasteiger partial charge in [-0.25, -0.2) is 16.3 Å². The van der Waals surface area contributed by atoms with E-state index in [1.54, 1.807) is 25.7 Å². The van der Waals surface area contributed by atoms with Crippen LogP contribution in [0.3, 0.4) is 0 Å². The molecular formula is C24H25N5O3. The SMILES string of the molecule is COc1cc(C2CC(C(=O)N/N=C/c3cccnc3)NN2)ccc1OCc1ccccc1. The Kier molecular flexibility index (Phi) is 7.06. The topological polar surface area (TPSA) is 96.9 Å². The van der Waals surface area contributed by atoms with Gasteiger partial charge in [0.15, 0.2) is 11.5 Å². The van der Waals surface area contributed by atoms with Gasteiger partial charge in [0.1, 0.15) is 12.6 Å². The number of hydrogen-bond acceptors (Lipinski definition) is 7. The Morgan fingerprint density at radius 2 is 2.03 bits per heavy atom. The number of pyridine rings is 1. The summed E-state index contributed by atoms with van der Waals surface area (Å²) in [6.07, 6.45) is 5.48. The van der Waals surface area contributed by atoms with Crippen molar-refractivity contribution in [3.8, 4) is 11.5 Å². The highest BCUT2D eigenvalue weighted by Gasteiger charge is 2.30. The van der Waals surface area contributed by atoms with Crippen LogP contribution in [0.25, 0.3) is 0 Å². The van der Waals surface area contributed by atoms with Gasteiger partial charge < -0.3 is 9.47 Å². The van der Waals surface area contributed by atoms with Crippen LogP contribution in [0.2, 0.25) is 0 Å². The average Bonchev–Trinajstić information content (AvgIpc) is 3.34. The zero-order valence-electron chi connectivity index (χ0n) is 17.7. The van der Waals surface area contributed by atoms with E-state index in [-0.39, 0.29) is 11.9 Å². The second-order valence-electron chi connectivity index (χ2n) is 7.33. The van der Waals surface area contributed by atoms with Crippen LogP contribution < -0.4 is 25.8 Å². The third-order valence-corrected chi connectivity index (χ3v) is 5.12. The summed E-state index contributed by atoms with van der Waals surface area (Å²) < 4.78 is 11.5. The third kappa shape index (κ3) is 5.48. The summed E-state index contributed by atoms with van der Waals surface area (Å²) in [7, 11) is 1.62. The lowest BCUT2D eigenvalue weighted by molar-refractivity contribution is -0.122. The molecule has 1 aromatic heterocycles. The lowest BCUT2D eigenvalue weighted by atomic mass is 10.0. The van der Waals surface area contributed by atoms with Gasteiger partial charge in [-0.15, -0.1) is 0 Å². The molecule has 2 heterocycles. The van der Waals surface area contributed by atoms with E-state index in [1.807, 2.05) is 60.7 Å². The summed E-state index contributed by atoms with van der Waals surface area (Å²) in [4.78, 5) is 16.4. The van der Waals surface area contributed by atoms with E-state index in [9.17, 15) is 4.79 Å². The summed E-state index contributed by atoms with van der Waals surface area (Å²) in [5.74, 6) is 1.11. The molecule has 1 amide bonds. The first-order valence-electron chi connectivity index (χ1n) is 10.3. The largest absolute Gasteiger partial charge is 0.493 e. The van der Waals surface area contributed by atoms with Crippen molar-refractivity contribution >= 4 is 12.1 Å². The second kappa shape index (κ2) is 10.5. The van der Waals surface area contributed by atoms with Crippen LogP contribution in [0.4, 0.5) is 0 Å². The Balaban J connectivity index is 1.33. The maximum absolute atomic E-state index is 12.4. The summed E-state index contributed by atoms with van der Waals surface area (Å²) in [5, 5.41) is 4.00. The zero-order chi connectivity index (χ0) is 22.2. The Bertz CT molecular complexity index is 1060. The number of hydrazine groups is 1. The molecule has 3 aromatic rings. The van der Waals surface area contributed by atoms with Crippen LogP contribution >= 0.6 is 0 Å². The molecule has 32 heavy (non-hydrogen) atoms. The molecule has 0 saturated carbocycles. The first-order valence-corrected chi connectivity index (χ1v) is 10.3. The quantitative estimate of drug-likeness (QED) is 0.375. The smallest absolute Gasteiger partial charge is 0.258 e. The molecule has 2 aromatic carbocycles. The molecule has 4 rings (SSSR count). The third-order valence-electron chi connectivity index (χ3n) is 5.12. The monoisotopic (exact) mass is 431 g/mol. The van der Waals surface area contributed by atoms with Crippen molar-refractivity contribution in [1.29, 1.82) is 0 Å². The van der Waals surface area contributed by atoms with Crippen molar-refractivity contribution in [2.75, 3.05) is 7.11 Å². The molecule has 8 nitrogen and oxygen atoms in total. The Morgan fingerprint density at radius 3 is 2.81 bits per heavy atom. The van der Waals surface area contributed by atoms with Crippen molar-refractivity contribution in [3.05, 3.63) is 89.7 Å². The van der Waals surface area contributed by atoms with E-state index in [4.69, 9.17) is 9.47 Å². The number of nitrogens with one attached hydrogen (secondary N) is 3. The molecule has 8 heteroatoms. The standard InChI is InChI=1S/C24H25N5O3/c1-31-23-12-19(9-10-22(23)32-16-17-6-3-2-4-7-17)20-13-21(28-27-20)24(30)29-26-15-18-8-5-11-25-14-18/h2-12,14-15,20-21,27-28H,13,16H2,1H3,(H,29,30)/b26-15+. The van der Waals surface area contributed by atoms with Crippen LogP contribution in [0.15, 0.2) is 78.2 Å². The highest BCUT2D eigenvalue weighted by molar-refractivity contribution is 5.84. The van der Waals surface area contributed by atoms with E-state index in [0.29, 0.717) is 24.5 Å². The molecule has 2 unspecified atom stereocenters. The summed E-state index contributed by atoms with van der Waals surface area (Å²) in [6.45, 7) is 0.460. The second-order valence-corrected chi connectivity index (χ2v) is 7.33. The van der Waals surface area contributed by atoms with Crippen molar-refractivity contribution in [2.45, 2.75) is 25.1 Å². The lowest BCUT2D eigenvalue weighted by Gasteiger charge is -2.15. The highest BCUT2D eigenvalue weighted by atomic mass is 16.5. The number of nitrogens with zero attached hydrogens (tertiary/aromatic N) is 2. The van der Waals surface area contributed by atoms with Gasteiger partial charge in [-0.05, 0) is 35.7 Å². The van der Waals surface area contributed by atoms with Crippen LogP contribution in [-0.4, -0.2) is 30.3 Å². The molecule has 1 fully saturated rings. The van der Waals surface area contributed by atoms with E-state index >= 15 is 0 Å². The molecule has 164 valence electrons. The van der Waals surface area contributed by atoms with Gasteiger partial charge in [0, 0.05) is 24.0 Å². The number of hydrazone groups is 1. The van der Waals surface area contributed by atoms with Gasteiger partial charge >= 0.3 is 0 Å². The zero-order valence-corrected chi connectivity index (χ0v) is 17.7. The fourth-order valence-electron chi connectivity index (χ4n) is 3.40. The average molecular weight is 431 g/mol. The summed E-state index contributed by atoms with van der Waals surface area (Å²) in [6, 6.07) is 19.0. The number of ether oxygens (including phenoxy) is 2. The molecular weight excluding hydrogens is 406 g/mol. The Labute approximate surface area is 186 Å². The fraction of sp³-hybridized carbons (Fsp3) is 0.208. The van der Waals surface area contributed by atoms with Crippen molar-refractivity contribution < 1.29 is 14.3 Å². The number of benzene rings is 2. The number of aromatic nitrogens is 1. The molecule has 0 radical (unpaired) electrons. The minimum atomic E-state index is -0.411. The van der Waals surface area contributed by atoms with Crippen molar-refractivity contribution in [2.24, 2.45) is 5.10 Å². The van der Waals surface area contributed by atoms with E-state index in [2.05, 4.69) is 26.4 Å². The molecule has 1 aliphatic rings. The Hall–Kier alpha value is -3.75. The van der Waals surface area contributed by atoms with Crippen LogP contribution in [0, 0.1) is 0 Å². The van der Waals surface area contributed by atoms with Gasteiger partial charge in [0.25, 0.3) is 5.91 Å². The van der Waals surface area contributed by atoms with Gasteiger partial charge in [0.05, 0.1) is 13.3 Å². The van der Waals surface area contributed by atoms with Crippen molar-refractivity contribution in [1.82, 2.24) is 21.3 Å². The molecule has 0 bridgehead atoms. The Morgan fingerprint density at radius 1 is 1.16 bits per heavy atom. The van der Waals surface area contributed by atoms with Gasteiger partial charge in [0.2, 0.25) is 0 Å². The maximum atomic E-state index is 12.4. The highest BCUT2D eigenvalue weighted by Crippen LogP contribution is 2.33. The molecule has 1 saturated heterocycles. The molecule has 1 aliphatic heterocycles. The number of hydrogen-bond donors (Lipinski definition) is 3. The van der Waals surface area contributed by atoms with Crippen LogP contribution in [0.1, 0.15) is 29.2 Å². The number of amides is 1. The number of rotatable bonds is 8. The number of carbonyl (C=O) groups excluding carboxylic acids is 1. The molecule has 3 N–H and O–H groups in total. The van der Waals surface area contributed by atoms with Gasteiger partial charge in [-0.1, -0.05) is 42.5 Å². The minimum absolute atomic E-state index is 0.0508. The number of methoxy groups -OCH3 is 1. The molecule has 2 atom stereocenters. The van der Waals surface area contributed by atoms with E-state index in [0.717, 1.165) is 16.7 Å². The van der Waals surface area contributed by atoms with Gasteiger partial charge in [-0.3, -0.25) is 9.78 Å². The summed E-state index contributed by atoms with van der Waals surface area (Å²) >= 11 is 0. The predicted octanol–water partition coefficient (Wildman–Crippen LogP) is 2.73.